The van der Waals surface area contributed by atoms with Gasteiger partial charge < -0.3 is 51.0 Å². The van der Waals surface area contributed by atoms with E-state index in [4.69, 9.17) is 14.5 Å². The van der Waals surface area contributed by atoms with E-state index in [9.17, 15) is 53.1 Å². The van der Waals surface area contributed by atoms with Crippen molar-refractivity contribution in [3.8, 4) is 11.4 Å². The third kappa shape index (κ3) is 13.0. The number of ether oxygens (including phenoxy) is 2. The standard InChI is InChI=1S/C56H63FN10O13/c1-4-56(78)38-22-42-52-36(29-67(42)54(76)37(38)30-80-55(56)77)50-34(14-15-35-32(2)39(57)23-40(64-52)51(35)50)28-65(3)49(74)27-58-18-20-79-31-62-45(70)25-61-53(75)41(21-33-11-7-5-8-12-33)63-46(71)26-60-44(69)24-59-43(68)13-9-6-10-19-66-47(72)16-17-48(66)73/h5,7-8,11-12,16-17,22-23,28,34,41,58,78H,4,6,9-10,13-15,18-21,24-27,29-31H2,1-3H3,(H4-,59,60,61,62,63,68,69,70,71,75)/p+1/b65-28-/t34?,41-,56-/m0/s1. The van der Waals surface area contributed by atoms with E-state index < -0.39 is 71.6 Å². The van der Waals surface area contributed by atoms with Gasteiger partial charge in [0.1, 0.15) is 38.8 Å². The van der Waals surface area contributed by atoms with E-state index >= 15 is 4.39 Å². The van der Waals surface area contributed by atoms with Crippen LogP contribution in [0.1, 0.15) is 90.3 Å². The number of cyclic esters (lactones) is 1. The summed E-state index contributed by atoms with van der Waals surface area (Å²) in [6.45, 7) is 2.16. The van der Waals surface area contributed by atoms with Crippen molar-refractivity contribution < 1.29 is 66.7 Å². The number of aliphatic hydroxyl groups is 1. The summed E-state index contributed by atoms with van der Waals surface area (Å²) in [5, 5.41) is 27.7. The van der Waals surface area contributed by atoms with Gasteiger partial charge in [0.05, 0.1) is 61.2 Å². The van der Waals surface area contributed by atoms with Crippen LogP contribution in [0.5, 0.6) is 0 Å². The summed E-state index contributed by atoms with van der Waals surface area (Å²) in [7, 11) is 1.64. The van der Waals surface area contributed by atoms with Crippen LogP contribution in [0, 0.1) is 12.7 Å². The summed E-state index contributed by atoms with van der Waals surface area (Å²) in [6.07, 6.45) is 7.02. The second-order valence-electron chi connectivity index (χ2n) is 20.0. The molecule has 0 fully saturated rings. The first-order valence-electron chi connectivity index (χ1n) is 26.5. The minimum absolute atomic E-state index is 0.0223. The number of hydrogen-bond acceptors (Lipinski definition) is 15. The molecule has 0 saturated carbocycles. The zero-order valence-corrected chi connectivity index (χ0v) is 44.7. The Bertz CT molecular complexity index is 3270. The average Bonchev–Trinajstić information content (AvgIpc) is 4.18. The molecule has 4 aromatic rings. The van der Waals surface area contributed by atoms with Gasteiger partial charge in [-0.15, -0.1) is 0 Å². The van der Waals surface area contributed by atoms with Crippen LogP contribution >= 0.6 is 0 Å². The number of aryl methyl sites for hydroxylation is 1. The molecule has 2 aromatic carbocycles. The van der Waals surface area contributed by atoms with E-state index in [0.717, 1.165) is 27.0 Å². The number of aromatic nitrogens is 2. The van der Waals surface area contributed by atoms with E-state index in [1.165, 1.54) is 27.4 Å². The Balaban J connectivity index is 0.765. The molecule has 8 rings (SSSR count). The summed E-state index contributed by atoms with van der Waals surface area (Å²) < 4.78 is 29.2. The van der Waals surface area contributed by atoms with Crippen LogP contribution in [0.25, 0.3) is 22.3 Å². The van der Waals surface area contributed by atoms with Crippen LogP contribution in [0.4, 0.5) is 4.39 Å². The molecule has 3 aliphatic heterocycles. The highest BCUT2D eigenvalue weighted by molar-refractivity contribution is 6.12. The molecule has 7 N–H and O–H groups in total. The number of hydrogen-bond donors (Lipinski definition) is 7. The number of pyridine rings is 2. The average molecular weight is 1100 g/mol. The summed E-state index contributed by atoms with van der Waals surface area (Å²) in [6, 6.07) is 10.7. The van der Waals surface area contributed by atoms with E-state index in [1.807, 2.05) is 6.21 Å². The van der Waals surface area contributed by atoms with E-state index in [2.05, 4.69) is 31.9 Å². The highest BCUT2D eigenvalue weighted by atomic mass is 19.1. The molecule has 23 nitrogen and oxygen atoms in total. The van der Waals surface area contributed by atoms with Crippen LogP contribution in [-0.4, -0.2) is 149 Å². The molecule has 0 spiro atoms. The Hall–Kier alpha value is -8.35. The van der Waals surface area contributed by atoms with Gasteiger partial charge in [0.15, 0.2) is 11.8 Å². The molecule has 0 radical (unpaired) electrons. The molecule has 0 bridgehead atoms. The van der Waals surface area contributed by atoms with Crippen molar-refractivity contribution in [3.05, 3.63) is 110 Å². The lowest BCUT2D eigenvalue weighted by Gasteiger charge is -2.31. The lowest BCUT2D eigenvalue weighted by molar-refractivity contribution is -0.414. The molecule has 1 aliphatic carbocycles. The predicted octanol–water partition coefficient (Wildman–Crippen LogP) is 0.0380. The first-order valence-corrected chi connectivity index (χ1v) is 26.5. The largest absolute Gasteiger partial charge is 0.458 e. The zero-order chi connectivity index (χ0) is 57.3. The van der Waals surface area contributed by atoms with E-state index in [-0.39, 0.29) is 107 Å². The number of imide groups is 1. The molecule has 5 heterocycles. The third-order valence-electron chi connectivity index (χ3n) is 14.7. The molecule has 3 atom stereocenters. The monoisotopic (exact) mass is 1100 g/mol. The van der Waals surface area contributed by atoms with Gasteiger partial charge in [-0.2, -0.15) is 4.58 Å². The number of rotatable bonds is 25. The predicted molar refractivity (Wildman–Crippen MR) is 285 cm³/mol. The van der Waals surface area contributed by atoms with Crippen molar-refractivity contribution in [1.29, 1.82) is 0 Å². The number of benzene rings is 2. The minimum Gasteiger partial charge on any atom is -0.458 e. The molecule has 24 heteroatoms. The smallest absolute Gasteiger partial charge is 0.400 e. The lowest BCUT2D eigenvalue weighted by atomic mass is 9.78. The van der Waals surface area contributed by atoms with Gasteiger partial charge in [-0.3, -0.25) is 43.3 Å². The SMILES string of the molecule is CC[C@@]1(O)C(=O)OCc2c1cc1n(c2=O)Cc2c-1nc1cc(F)c(C)c3c1c2C(/C=[N+](/C)C(=O)CNCCOCNC(=O)CNC(=O)[C@H](Cc1ccccc1)NC(=O)CNC(=O)CNC(=O)CCCCCN1C(=O)C=CC1=O)CC3. The fourth-order valence-electron chi connectivity index (χ4n) is 10.3. The lowest BCUT2D eigenvalue weighted by Crippen LogP contribution is -2.52. The van der Waals surface area contributed by atoms with Crippen molar-refractivity contribution in [2.24, 2.45) is 0 Å². The Labute approximate surface area is 458 Å². The first kappa shape index (κ1) is 57.8. The van der Waals surface area contributed by atoms with Crippen molar-refractivity contribution in [1.82, 2.24) is 46.4 Å². The second kappa shape index (κ2) is 25.6. The Morgan fingerprint density at radius 2 is 1.61 bits per heavy atom. The van der Waals surface area contributed by atoms with Crippen molar-refractivity contribution in [2.75, 3.05) is 59.7 Å². The van der Waals surface area contributed by atoms with Gasteiger partial charge in [0.25, 0.3) is 17.4 Å². The number of fused-ring (bicyclic) bond motifs is 5. The van der Waals surface area contributed by atoms with E-state index in [1.54, 1.807) is 57.3 Å². The summed E-state index contributed by atoms with van der Waals surface area (Å²) in [5.41, 5.74) is 2.69. The number of nitrogens with one attached hydrogen (secondary N) is 6. The highest BCUT2D eigenvalue weighted by Crippen LogP contribution is 2.46. The molecule has 1 unspecified atom stereocenters. The molecular weight excluding hydrogens is 1040 g/mol. The first-order chi connectivity index (χ1) is 38.4. The van der Waals surface area contributed by atoms with Gasteiger partial charge in [-0.05, 0) is 67.3 Å². The van der Waals surface area contributed by atoms with Gasteiger partial charge in [-0.25, -0.2) is 19.0 Å². The molecule has 4 aliphatic rings. The zero-order valence-electron chi connectivity index (χ0n) is 44.7. The van der Waals surface area contributed by atoms with Crippen LogP contribution in [-0.2, 0) is 84.2 Å². The summed E-state index contributed by atoms with van der Waals surface area (Å²) in [4.78, 5) is 133. The maximum Gasteiger partial charge on any atom is 0.400 e. The van der Waals surface area contributed by atoms with Crippen LogP contribution in [0.2, 0.25) is 0 Å². The Morgan fingerprint density at radius 1 is 0.900 bits per heavy atom. The van der Waals surface area contributed by atoms with Gasteiger partial charge >= 0.3 is 11.9 Å². The minimum atomic E-state index is -2.02. The molecule has 8 amide bonds. The number of nitrogens with zero attached hydrogens (tertiary/aromatic N) is 4. The van der Waals surface area contributed by atoms with Crippen molar-refractivity contribution in [2.45, 2.75) is 95.9 Å². The van der Waals surface area contributed by atoms with Gasteiger partial charge in [0, 0.05) is 60.7 Å². The van der Waals surface area contributed by atoms with Crippen LogP contribution in [0.3, 0.4) is 0 Å². The highest BCUT2D eigenvalue weighted by Gasteiger charge is 2.46. The Kier molecular flexibility index (Phi) is 18.5. The summed E-state index contributed by atoms with van der Waals surface area (Å²) >= 11 is 0. The summed E-state index contributed by atoms with van der Waals surface area (Å²) in [5.74, 6) is -5.57. The van der Waals surface area contributed by atoms with Crippen molar-refractivity contribution in [3.63, 3.8) is 0 Å². The molecule has 0 saturated heterocycles. The fourth-order valence-corrected chi connectivity index (χ4v) is 10.3. The van der Waals surface area contributed by atoms with Gasteiger partial charge in [0.2, 0.25) is 29.5 Å². The topological polar surface area (TPSA) is 306 Å². The number of carbonyl (C=O) groups excluding carboxylic acids is 9. The maximum atomic E-state index is 15.4. The normalized spacial score (nSPS) is 17.3. The molecule has 422 valence electrons. The Morgan fingerprint density at radius 3 is 2.36 bits per heavy atom. The molecule has 2 aromatic heterocycles. The number of amides is 8. The van der Waals surface area contributed by atoms with Crippen LogP contribution in [0.15, 0.2) is 59.4 Å². The number of carbonyl (C=O) groups is 9. The number of unbranched alkanes of at least 4 members (excludes halogenated alkanes) is 2. The van der Waals surface area contributed by atoms with Crippen molar-refractivity contribution >= 4 is 70.3 Å². The number of halogens is 1. The van der Waals surface area contributed by atoms with Crippen LogP contribution < -0.4 is 37.5 Å². The number of likely N-dealkylation sites (N-methyl/N-ethyl adjacent to an activating group) is 1. The fraction of sp³-hybridized carbons (Fsp3) is 0.429. The second-order valence-corrected chi connectivity index (χ2v) is 20.0. The van der Waals surface area contributed by atoms with E-state index in [0.29, 0.717) is 60.1 Å². The quantitative estimate of drug-likeness (QED) is 0.0101. The molecular formula is C56H64FN10O13+. The molecule has 80 heavy (non-hydrogen) atoms. The number of esters is 1. The third-order valence-corrected chi connectivity index (χ3v) is 14.7. The maximum absolute atomic E-state index is 15.4. The van der Waals surface area contributed by atoms with Gasteiger partial charge in [-0.1, -0.05) is 43.7 Å².